The van der Waals surface area contributed by atoms with Gasteiger partial charge in [0.05, 0.1) is 18.2 Å². The van der Waals surface area contributed by atoms with Gasteiger partial charge in [0, 0.05) is 12.5 Å². The number of benzene rings is 2. The van der Waals surface area contributed by atoms with E-state index in [1.807, 2.05) is 36.4 Å². The van der Waals surface area contributed by atoms with Gasteiger partial charge in [0.1, 0.15) is 5.75 Å². The van der Waals surface area contributed by atoms with E-state index >= 15 is 0 Å². The Bertz CT molecular complexity index is 624. The number of hydrogen-bond acceptors (Lipinski definition) is 3. The van der Waals surface area contributed by atoms with E-state index in [1.54, 1.807) is 0 Å². The summed E-state index contributed by atoms with van der Waals surface area (Å²) in [6.07, 6.45) is 1.19. The van der Waals surface area contributed by atoms with E-state index in [1.165, 1.54) is 6.42 Å². The first-order valence-corrected chi connectivity index (χ1v) is 6.62. The van der Waals surface area contributed by atoms with Crippen LogP contribution in [0.2, 0.25) is 0 Å². The molecule has 1 saturated heterocycles. The van der Waals surface area contributed by atoms with E-state index in [9.17, 15) is 0 Å². The predicted molar refractivity (Wildman–Crippen MR) is 75.1 cm³/mol. The standard InChI is InChI=1S/C16H16N2O/c17-9-12-1-2-15-8-16(4-3-14(15)7-12)19-11-13-5-6-18-10-13/h1-4,7-8,13,18H,5-6,10-11H2/t13-/m0/s1. The summed E-state index contributed by atoms with van der Waals surface area (Å²) >= 11 is 0. The molecule has 3 heteroatoms. The van der Waals surface area contributed by atoms with Crippen molar-refractivity contribution in [2.24, 2.45) is 5.92 Å². The van der Waals surface area contributed by atoms with Crippen LogP contribution in [-0.2, 0) is 0 Å². The van der Waals surface area contributed by atoms with Crippen molar-refractivity contribution in [2.75, 3.05) is 19.7 Å². The third-order valence-electron chi connectivity index (χ3n) is 3.59. The number of hydrogen-bond donors (Lipinski definition) is 1. The largest absolute Gasteiger partial charge is 0.493 e. The summed E-state index contributed by atoms with van der Waals surface area (Å²) < 4.78 is 5.85. The van der Waals surface area contributed by atoms with Gasteiger partial charge in [-0.05, 0) is 48.0 Å². The van der Waals surface area contributed by atoms with Crippen LogP contribution in [0.15, 0.2) is 36.4 Å². The molecule has 3 rings (SSSR count). The second kappa shape index (κ2) is 5.29. The fourth-order valence-corrected chi connectivity index (χ4v) is 2.45. The Labute approximate surface area is 112 Å². The van der Waals surface area contributed by atoms with Crippen molar-refractivity contribution < 1.29 is 4.74 Å². The maximum atomic E-state index is 8.88. The molecule has 0 spiro atoms. The summed E-state index contributed by atoms with van der Waals surface area (Å²) in [6.45, 7) is 2.93. The van der Waals surface area contributed by atoms with Crippen molar-refractivity contribution in [1.29, 1.82) is 5.26 Å². The Morgan fingerprint density at radius 1 is 1.21 bits per heavy atom. The molecule has 1 aliphatic heterocycles. The highest BCUT2D eigenvalue weighted by Crippen LogP contribution is 2.22. The molecule has 0 radical (unpaired) electrons. The Kier molecular flexibility index (Phi) is 3.35. The molecule has 0 saturated carbocycles. The first-order chi connectivity index (χ1) is 9.35. The first-order valence-electron chi connectivity index (χ1n) is 6.62. The maximum absolute atomic E-state index is 8.88. The number of rotatable bonds is 3. The zero-order chi connectivity index (χ0) is 13.1. The van der Waals surface area contributed by atoms with Crippen molar-refractivity contribution >= 4 is 10.8 Å². The fourth-order valence-electron chi connectivity index (χ4n) is 2.45. The van der Waals surface area contributed by atoms with Gasteiger partial charge in [-0.3, -0.25) is 0 Å². The lowest BCUT2D eigenvalue weighted by molar-refractivity contribution is 0.260. The van der Waals surface area contributed by atoms with Gasteiger partial charge in [-0.15, -0.1) is 0 Å². The van der Waals surface area contributed by atoms with E-state index in [-0.39, 0.29) is 0 Å². The topological polar surface area (TPSA) is 45.0 Å². The van der Waals surface area contributed by atoms with Crippen LogP contribution in [-0.4, -0.2) is 19.7 Å². The van der Waals surface area contributed by atoms with Crippen molar-refractivity contribution in [3.05, 3.63) is 42.0 Å². The Hall–Kier alpha value is -2.05. The molecular formula is C16H16N2O. The molecule has 0 aromatic heterocycles. The van der Waals surface area contributed by atoms with Crippen LogP contribution in [0.3, 0.4) is 0 Å². The van der Waals surface area contributed by atoms with Gasteiger partial charge >= 0.3 is 0 Å². The molecule has 2 aromatic carbocycles. The molecule has 1 atom stereocenters. The minimum absolute atomic E-state index is 0.622. The van der Waals surface area contributed by atoms with Crippen LogP contribution in [0.5, 0.6) is 5.75 Å². The zero-order valence-corrected chi connectivity index (χ0v) is 10.7. The van der Waals surface area contributed by atoms with Gasteiger partial charge in [-0.25, -0.2) is 0 Å². The van der Waals surface area contributed by atoms with Crippen LogP contribution in [0.25, 0.3) is 10.8 Å². The summed E-state index contributed by atoms with van der Waals surface area (Å²) in [5.74, 6) is 1.53. The molecule has 19 heavy (non-hydrogen) atoms. The highest BCUT2D eigenvalue weighted by Gasteiger charge is 2.14. The zero-order valence-electron chi connectivity index (χ0n) is 10.7. The molecule has 0 bridgehead atoms. The molecule has 0 unspecified atom stereocenters. The minimum Gasteiger partial charge on any atom is -0.493 e. The SMILES string of the molecule is N#Cc1ccc2cc(OC[C@H]3CCNC3)ccc2c1. The highest BCUT2D eigenvalue weighted by molar-refractivity contribution is 5.85. The van der Waals surface area contributed by atoms with Crippen molar-refractivity contribution in [3.8, 4) is 11.8 Å². The summed E-state index contributed by atoms with van der Waals surface area (Å²) in [5.41, 5.74) is 0.693. The van der Waals surface area contributed by atoms with Crippen molar-refractivity contribution in [3.63, 3.8) is 0 Å². The van der Waals surface area contributed by atoms with Crippen molar-refractivity contribution in [2.45, 2.75) is 6.42 Å². The Morgan fingerprint density at radius 3 is 2.84 bits per heavy atom. The second-order valence-corrected chi connectivity index (χ2v) is 5.01. The highest BCUT2D eigenvalue weighted by atomic mass is 16.5. The van der Waals surface area contributed by atoms with Gasteiger partial charge < -0.3 is 10.1 Å². The lowest BCUT2D eigenvalue weighted by Crippen LogP contribution is -2.15. The van der Waals surface area contributed by atoms with E-state index in [0.29, 0.717) is 11.5 Å². The second-order valence-electron chi connectivity index (χ2n) is 5.01. The molecule has 1 fully saturated rings. The van der Waals surface area contributed by atoms with Crippen LogP contribution < -0.4 is 10.1 Å². The fraction of sp³-hybridized carbons (Fsp3) is 0.312. The molecule has 2 aromatic rings. The quantitative estimate of drug-likeness (QED) is 0.913. The molecule has 1 aliphatic rings. The van der Waals surface area contributed by atoms with Crippen LogP contribution in [0.4, 0.5) is 0 Å². The maximum Gasteiger partial charge on any atom is 0.119 e. The average molecular weight is 252 g/mol. The van der Waals surface area contributed by atoms with Crippen LogP contribution in [0.1, 0.15) is 12.0 Å². The number of nitriles is 1. The average Bonchev–Trinajstić information content (AvgIpc) is 2.97. The summed E-state index contributed by atoms with van der Waals surface area (Å²) in [5, 5.41) is 14.4. The third-order valence-corrected chi connectivity index (χ3v) is 3.59. The Balaban J connectivity index is 1.76. The molecule has 0 amide bonds. The van der Waals surface area contributed by atoms with Gasteiger partial charge in [-0.1, -0.05) is 12.1 Å². The molecule has 3 nitrogen and oxygen atoms in total. The summed E-state index contributed by atoms with van der Waals surface area (Å²) in [6, 6.07) is 13.9. The van der Waals surface area contributed by atoms with Crippen molar-refractivity contribution in [1.82, 2.24) is 5.32 Å². The van der Waals surface area contributed by atoms with E-state index in [2.05, 4.69) is 11.4 Å². The molecular weight excluding hydrogens is 236 g/mol. The smallest absolute Gasteiger partial charge is 0.119 e. The lowest BCUT2D eigenvalue weighted by atomic mass is 10.1. The predicted octanol–water partition coefficient (Wildman–Crippen LogP) is 2.70. The number of nitrogens with zero attached hydrogens (tertiary/aromatic N) is 1. The number of fused-ring (bicyclic) bond motifs is 1. The van der Waals surface area contributed by atoms with Gasteiger partial charge in [0.2, 0.25) is 0 Å². The first kappa shape index (κ1) is 12.0. The number of nitrogens with one attached hydrogen (secondary N) is 1. The lowest BCUT2D eigenvalue weighted by Gasteiger charge is -2.11. The van der Waals surface area contributed by atoms with Gasteiger partial charge in [-0.2, -0.15) is 5.26 Å². The van der Waals surface area contributed by atoms with E-state index in [4.69, 9.17) is 10.00 Å². The monoisotopic (exact) mass is 252 g/mol. The normalized spacial score (nSPS) is 18.4. The molecule has 96 valence electrons. The molecule has 1 N–H and O–H groups in total. The van der Waals surface area contributed by atoms with Crippen LogP contribution >= 0.6 is 0 Å². The van der Waals surface area contributed by atoms with E-state index in [0.717, 1.165) is 36.2 Å². The summed E-state index contributed by atoms with van der Waals surface area (Å²) in [7, 11) is 0. The molecule has 1 heterocycles. The van der Waals surface area contributed by atoms with E-state index < -0.39 is 0 Å². The Morgan fingerprint density at radius 2 is 2.05 bits per heavy atom. The minimum atomic E-state index is 0.622. The van der Waals surface area contributed by atoms with Gasteiger partial charge in [0.15, 0.2) is 0 Å². The van der Waals surface area contributed by atoms with Crippen LogP contribution in [0, 0.1) is 17.2 Å². The summed E-state index contributed by atoms with van der Waals surface area (Å²) in [4.78, 5) is 0. The third kappa shape index (κ3) is 2.69. The number of ether oxygens (including phenoxy) is 1. The molecule has 0 aliphatic carbocycles. The van der Waals surface area contributed by atoms with Gasteiger partial charge in [0.25, 0.3) is 0 Å².